The smallest absolute Gasteiger partial charge is 0.257 e. The summed E-state index contributed by atoms with van der Waals surface area (Å²) in [6.07, 6.45) is 1.85. The summed E-state index contributed by atoms with van der Waals surface area (Å²) in [6, 6.07) is 12.5. The molecule has 134 valence electrons. The Morgan fingerprint density at radius 2 is 1.80 bits per heavy atom. The number of hydrogen-bond acceptors (Lipinski definition) is 4. The van der Waals surface area contributed by atoms with Gasteiger partial charge >= 0.3 is 0 Å². The molecule has 0 bridgehead atoms. The first-order valence-electron chi connectivity index (χ1n) is 7.69. The van der Waals surface area contributed by atoms with E-state index in [9.17, 15) is 17.6 Å². The molecule has 0 atom stereocenters. The third-order valence-electron chi connectivity index (χ3n) is 3.29. The van der Waals surface area contributed by atoms with E-state index in [1.807, 2.05) is 11.8 Å². The standard InChI is InChI=1S/C17H19FN2O3S2/c1-2-5-13-8-10-14(11-9-13)25(22,23)20-19-17(21)12-24-16-7-4-3-6-15(16)18/h3-4,6-11,20H,2,5,12H2,1H3,(H,19,21). The Kier molecular flexibility index (Phi) is 6.98. The minimum absolute atomic E-state index is 0.0643. The molecule has 2 aromatic rings. The molecule has 0 spiro atoms. The number of nitrogens with one attached hydrogen (secondary N) is 2. The maximum atomic E-state index is 13.5. The third kappa shape index (κ3) is 5.84. The van der Waals surface area contributed by atoms with E-state index in [-0.39, 0.29) is 10.6 Å². The Balaban J connectivity index is 1.88. The summed E-state index contributed by atoms with van der Waals surface area (Å²) in [5.74, 6) is -1.11. The van der Waals surface area contributed by atoms with Crippen LogP contribution in [-0.4, -0.2) is 20.1 Å². The van der Waals surface area contributed by atoms with E-state index < -0.39 is 21.7 Å². The number of thioether (sulfide) groups is 1. The highest BCUT2D eigenvalue weighted by atomic mass is 32.2. The molecule has 0 radical (unpaired) electrons. The highest BCUT2D eigenvalue weighted by Crippen LogP contribution is 2.20. The summed E-state index contributed by atoms with van der Waals surface area (Å²) >= 11 is 0.987. The topological polar surface area (TPSA) is 75.3 Å². The van der Waals surface area contributed by atoms with E-state index in [1.165, 1.54) is 18.2 Å². The van der Waals surface area contributed by atoms with Gasteiger partial charge < -0.3 is 0 Å². The van der Waals surface area contributed by atoms with Crippen LogP contribution in [0.3, 0.4) is 0 Å². The number of benzene rings is 2. The summed E-state index contributed by atoms with van der Waals surface area (Å²) in [7, 11) is -3.84. The predicted octanol–water partition coefficient (Wildman–Crippen LogP) is 2.88. The molecule has 25 heavy (non-hydrogen) atoms. The first-order chi connectivity index (χ1) is 11.9. The van der Waals surface area contributed by atoms with E-state index >= 15 is 0 Å². The quantitative estimate of drug-likeness (QED) is 0.544. The number of hydrazine groups is 1. The Morgan fingerprint density at radius 3 is 2.44 bits per heavy atom. The summed E-state index contributed by atoms with van der Waals surface area (Å²) in [5, 5.41) is 0. The van der Waals surface area contributed by atoms with Gasteiger partial charge in [-0.15, -0.1) is 16.6 Å². The van der Waals surface area contributed by atoms with Crippen LogP contribution in [0.1, 0.15) is 18.9 Å². The Labute approximate surface area is 151 Å². The van der Waals surface area contributed by atoms with Crippen molar-refractivity contribution in [3.8, 4) is 0 Å². The highest BCUT2D eigenvalue weighted by molar-refractivity contribution is 8.00. The van der Waals surface area contributed by atoms with Gasteiger partial charge in [0.05, 0.1) is 10.6 Å². The van der Waals surface area contributed by atoms with Crippen LogP contribution in [0.2, 0.25) is 0 Å². The van der Waals surface area contributed by atoms with E-state index in [1.54, 1.807) is 30.3 Å². The van der Waals surface area contributed by atoms with Crippen molar-refractivity contribution < 1.29 is 17.6 Å². The lowest BCUT2D eigenvalue weighted by molar-refractivity contribution is -0.119. The Morgan fingerprint density at radius 1 is 1.12 bits per heavy atom. The van der Waals surface area contributed by atoms with Crippen LogP contribution < -0.4 is 10.3 Å². The molecule has 0 aliphatic heterocycles. The van der Waals surface area contributed by atoms with E-state index in [0.29, 0.717) is 4.90 Å². The fourth-order valence-electron chi connectivity index (χ4n) is 2.05. The van der Waals surface area contributed by atoms with Crippen molar-refractivity contribution in [2.75, 3.05) is 5.75 Å². The van der Waals surface area contributed by atoms with Crippen LogP contribution in [0.4, 0.5) is 4.39 Å². The molecule has 0 aliphatic rings. The number of hydrogen-bond donors (Lipinski definition) is 2. The van der Waals surface area contributed by atoms with Gasteiger partial charge in [0.1, 0.15) is 5.82 Å². The fourth-order valence-corrected chi connectivity index (χ4v) is 3.65. The SMILES string of the molecule is CCCc1ccc(S(=O)(=O)NNC(=O)CSc2ccccc2F)cc1. The molecule has 0 fully saturated rings. The van der Waals surface area contributed by atoms with E-state index in [2.05, 4.69) is 5.43 Å². The maximum Gasteiger partial charge on any atom is 0.257 e. The number of sulfonamides is 1. The molecule has 0 heterocycles. The summed E-state index contributed by atoms with van der Waals surface area (Å²) in [5.41, 5.74) is 3.18. The highest BCUT2D eigenvalue weighted by Gasteiger charge is 2.15. The monoisotopic (exact) mass is 382 g/mol. The van der Waals surface area contributed by atoms with Gasteiger partial charge in [-0.2, -0.15) is 0 Å². The number of aryl methyl sites for hydroxylation is 1. The minimum atomic E-state index is -3.84. The van der Waals surface area contributed by atoms with Crippen molar-refractivity contribution in [1.82, 2.24) is 10.3 Å². The molecule has 0 unspecified atom stereocenters. The van der Waals surface area contributed by atoms with Crippen molar-refractivity contribution in [3.05, 3.63) is 59.9 Å². The molecule has 5 nitrogen and oxygen atoms in total. The molecule has 2 rings (SSSR count). The van der Waals surface area contributed by atoms with E-state index in [4.69, 9.17) is 0 Å². The summed E-state index contributed by atoms with van der Waals surface area (Å²) < 4.78 is 37.7. The van der Waals surface area contributed by atoms with Crippen molar-refractivity contribution >= 4 is 27.7 Å². The summed E-state index contributed by atoms with van der Waals surface area (Å²) in [4.78, 5) is 14.2. The number of carbonyl (C=O) groups excluding carboxylic acids is 1. The lowest BCUT2D eigenvalue weighted by Crippen LogP contribution is -2.42. The van der Waals surface area contributed by atoms with Crippen LogP contribution in [0.15, 0.2) is 58.3 Å². The normalized spacial score (nSPS) is 11.3. The molecule has 1 amide bonds. The van der Waals surface area contributed by atoms with Crippen LogP contribution >= 0.6 is 11.8 Å². The zero-order valence-corrected chi connectivity index (χ0v) is 15.3. The lowest BCUT2D eigenvalue weighted by Gasteiger charge is -2.09. The number of rotatable bonds is 8. The van der Waals surface area contributed by atoms with Gasteiger partial charge in [-0.05, 0) is 36.2 Å². The van der Waals surface area contributed by atoms with Gasteiger partial charge in [0.25, 0.3) is 10.0 Å². The van der Waals surface area contributed by atoms with Crippen molar-refractivity contribution in [2.24, 2.45) is 0 Å². The molecule has 0 aliphatic carbocycles. The van der Waals surface area contributed by atoms with E-state index in [0.717, 1.165) is 30.2 Å². The van der Waals surface area contributed by atoms with Crippen molar-refractivity contribution in [1.29, 1.82) is 0 Å². The average molecular weight is 382 g/mol. The number of halogens is 1. The second-order valence-electron chi connectivity index (χ2n) is 5.27. The first kappa shape index (κ1) is 19.4. The number of amides is 1. The van der Waals surface area contributed by atoms with Gasteiger partial charge in [-0.25, -0.2) is 12.8 Å². The Bertz CT molecular complexity index is 824. The molecule has 8 heteroatoms. The van der Waals surface area contributed by atoms with Crippen LogP contribution in [0.25, 0.3) is 0 Å². The lowest BCUT2D eigenvalue weighted by atomic mass is 10.1. The van der Waals surface area contributed by atoms with Gasteiger partial charge in [-0.1, -0.05) is 37.6 Å². The first-order valence-corrected chi connectivity index (χ1v) is 10.2. The average Bonchev–Trinajstić information content (AvgIpc) is 2.60. The van der Waals surface area contributed by atoms with Gasteiger partial charge in [-0.3, -0.25) is 10.2 Å². The minimum Gasteiger partial charge on any atom is -0.277 e. The molecule has 0 saturated heterocycles. The predicted molar refractivity (Wildman–Crippen MR) is 96.0 cm³/mol. The molecule has 0 aromatic heterocycles. The third-order valence-corrected chi connectivity index (χ3v) is 5.60. The van der Waals surface area contributed by atoms with Gasteiger partial charge in [0.15, 0.2) is 0 Å². The van der Waals surface area contributed by atoms with Gasteiger partial charge in [0, 0.05) is 4.90 Å². The molecule has 2 aromatic carbocycles. The number of carbonyl (C=O) groups is 1. The van der Waals surface area contributed by atoms with Crippen LogP contribution in [-0.2, 0) is 21.2 Å². The molecular formula is C17H19FN2O3S2. The zero-order chi connectivity index (χ0) is 18.3. The molecule has 2 N–H and O–H groups in total. The largest absolute Gasteiger partial charge is 0.277 e. The van der Waals surface area contributed by atoms with Crippen LogP contribution in [0, 0.1) is 5.82 Å². The fraction of sp³-hybridized carbons (Fsp3) is 0.235. The molecular weight excluding hydrogens is 363 g/mol. The second kappa shape index (κ2) is 8.98. The van der Waals surface area contributed by atoms with Crippen LogP contribution in [0.5, 0.6) is 0 Å². The maximum absolute atomic E-state index is 13.5. The van der Waals surface area contributed by atoms with Crippen molar-refractivity contribution in [3.63, 3.8) is 0 Å². The van der Waals surface area contributed by atoms with Crippen molar-refractivity contribution in [2.45, 2.75) is 29.6 Å². The second-order valence-corrected chi connectivity index (χ2v) is 7.97. The zero-order valence-electron chi connectivity index (χ0n) is 13.7. The molecule has 0 saturated carbocycles. The Hall–Kier alpha value is -1.90. The van der Waals surface area contributed by atoms with Gasteiger partial charge in [0.2, 0.25) is 5.91 Å². The summed E-state index contributed by atoms with van der Waals surface area (Å²) in [6.45, 7) is 2.04.